The Bertz CT molecular complexity index is 1390. The van der Waals surface area contributed by atoms with Gasteiger partial charge < -0.3 is 15.5 Å². The van der Waals surface area contributed by atoms with Crippen molar-refractivity contribution in [3.63, 3.8) is 0 Å². The molecule has 2 aliphatic heterocycles. The summed E-state index contributed by atoms with van der Waals surface area (Å²) in [6, 6.07) is -8.02. The molecule has 0 bridgehead atoms. The van der Waals surface area contributed by atoms with E-state index < -0.39 is 98.7 Å². The quantitative estimate of drug-likeness (QED) is 0.553. The molecule has 1 aromatic rings. The van der Waals surface area contributed by atoms with Crippen molar-refractivity contribution >= 4 is 47.1 Å². The lowest BCUT2D eigenvalue weighted by molar-refractivity contribution is -0.152. The number of likely N-dealkylation sites (N-methyl/N-ethyl adjacent to an activating group) is 1. The molecule has 192 valence electrons. The van der Waals surface area contributed by atoms with Gasteiger partial charge in [-0.2, -0.15) is 0 Å². The average Bonchev–Trinajstić information content (AvgIpc) is 3.09. The van der Waals surface area contributed by atoms with Crippen molar-refractivity contribution in [3.8, 4) is 0 Å². The SMILES string of the molecule is [2H]c1c([2H])c([2H])c([C@@H](NC(=O)N2CCN(C)C(=O)C2=O)C(=O)NC2C(=O)C3C(C(C)=O)C(C)(C)SC23C)c([2H])c1[2H]. The first-order valence-corrected chi connectivity index (χ1v) is 12.2. The molecule has 2 N–H and O–H groups in total. The minimum atomic E-state index is -1.93. The molecule has 2 heterocycles. The van der Waals surface area contributed by atoms with E-state index in [1.165, 1.54) is 25.7 Å². The number of benzene rings is 1. The van der Waals surface area contributed by atoms with Crippen LogP contribution in [0, 0.1) is 11.8 Å². The molecule has 1 saturated carbocycles. The molecule has 4 unspecified atom stereocenters. The summed E-state index contributed by atoms with van der Waals surface area (Å²) in [5.74, 6) is -5.01. The van der Waals surface area contributed by atoms with Gasteiger partial charge in [0.15, 0.2) is 5.78 Å². The molecule has 5 amide bonds. The van der Waals surface area contributed by atoms with E-state index >= 15 is 0 Å². The van der Waals surface area contributed by atoms with Crippen molar-refractivity contribution in [3.05, 3.63) is 35.8 Å². The minimum Gasteiger partial charge on any atom is -0.343 e. The predicted octanol–water partition coefficient (Wildman–Crippen LogP) is 0.911. The molecule has 11 heteroatoms. The zero-order valence-electron chi connectivity index (χ0n) is 25.5. The number of carbonyl (C=O) groups is 6. The normalized spacial score (nSPS) is 31.8. The fourth-order valence-corrected chi connectivity index (χ4v) is 7.68. The molecule has 1 aliphatic carbocycles. The first kappa shape index (κ1) is 19.9. The standard InChI is InChI=1S/C25H30N4O6S/c1-13(30)15-16-18(31)19(25(16,4)36-24(15,2)3)27-20(32)17(14-9-7-6-8-10-14)26-23(35)29-12-11-28(5)21(33)22(29)34/h6-10,15-17,19H,11-12H2,1-5H3,(H,26,35)(H,27,32)/t15?,16?,17-,19?,25?/m1/s1/i6D,7D,8D,9D,10D. The highest BCUT2D eigenvalue weighted by Gasteiger charge is 2.72. The molecule has 2 saturated heterocycles. The van der Waals surface area contributed by atoms with E-state index in [4.69, 9.17) is 6.85 Å². The Morgan fingerprint density at radius 3 is 2.33 bits per heavy atom. The summed E-state index contributed by atoms with van der Waals surface area (Å²) in [6.07, 6.45) is 0. The van der Waals surface area contributed by atoms with Crippen molar-refractivity contribution in [1.29, 1.82) is 0 Å². The van der Waals surface area contributed by atoms with Crippen LogP contribution in [0.15, 0.2) is 30.2 Å². The Balaban J connectivity index is 1.71. The number of rotatable bonds is 5. The van der Waals surface area contributed by atoms with Gasteiger partial charge in [-0.1, -0.05) is 30.2 Å². The van der Waals surface area contributed by atoms with Crippen molar-refractivity contribution in [2.24, 2.45) is 11.8 Å². The van der Waals surface area contributed by atoms with E-state index in [1.54, 1.807) is 6.92 Å². The molecule has 0 aromatic heterocycles. The zero-order chi connectivity index (χ0) is 30.9. The summed E-state index contributed by atoms with van der Waals surface area (Å²) in [5.41, 5.74) is -0.579. The maximum absolute atomic E-state index is 13.8. The molecule has 0 radical (unpaired) electrons. The number of thioether (sulfide) groups is 1. The molecule has 4 rings (SSSR count). The molecular weight excluding hydrogens is 484 g/mol. The largest absolute Gasteiger partial charge is 0.343 e. The van der Waals surface area contributed by atoms with Crippen LogP contribution in [0.1, 0.15) is 46.2 Å². The zero-order valence-corrected chi connectivity index (χ0v) is 21.3. The number of nitrogens with one attached hydrogen (secondary N) is 2. The number of hydrogen-bond acceptors (Lipinski definition) is 7. The van der Waals surface area contributed by atoms with E-state index in [0.29, 0.717) is 4.90 Å². The van der Waals surface area contributed by atoms with Crippen molar-refractivity contribution < 1.29 is 35.6 Å². The van der Waals surface area contributed by atoms with E-state index in [-0.39, 0.29) is 18.9 Å². The molecular formula is C25H30N4O6S. The second kappa shape index (κ2) is 9.02. The second-order valence-electron chi connectivity index (χ2n) is 9.90. The van der Waals surface area contributed by atoms with E-state index in [0.717, 1.165) is 4.90 Å². The van der Waals surface area contributed by atoms with Gasteiger partial charge in [0.05, 0.1) is 11.6 Å². The molecule has 5 atom stereocenters. The summed E-state index contributed by atoms with van der Waals surface area (Å²) in [5, 5.41) is 4.82. The lowest BCUT2D eigenvalue weighted by atomic mass is 9.59. The van der Waals surface area contributed by atoms with Crippen molar-refractivity contribution in [1.82, 2.24) is 20.4 Å². The summed E-state index contributed by atoms with van der Waals surface area (Å²) >= 11 is 1.37. The highest BCUT2D eigenvalue weighted by atomic mass is 32.2. The van der Waals surface area contributed by atoms with Gasteiger partial charge in [-0.25, -0.2) is 4.79 Å². The Morgan fingerprint density at radius 2 is 1.72 bits per heavy atom. The number of urea groups is 1. The summed E-state index contributed by atoms with van der Waals surface area (Å²) in [4.78, 5) is 78.9. The Hall–Kier alpha value is -3.21. The molecule has 3 fully saturated rings. The number of amides is 5. The molecule has 3 aliphatic rings. The van der Waals surface area contributed by atoms with E-state index in [9.17, 15) is 28.8 Å². The van der Waals surface area contributed by atoms with Crippen LogP contribution < -0.4 is 10.6 Å². The van der Waals surface area contributed by atoms with E-state index in [1.807, 2.05) is 13.8 Å². The monoisotopic (exact) mass is 519 g/mol. The van der Waals surface area contributed by atoms with Gasteiger partial charge >= 0.3 is 17.8 Å². The smallest absolute Gasteiger partial charge is 0.325 e. The first-order valence-electron chi connectivity index (χ1n) is 13.9. The van der Waals surface area contributed by atoms with Crippen molar-refractivity contribution in [2.75, 3.05) is 20.1 Å². The summed E-state index contributed by atoms with van der Waals surface area (Å²) in [7, 11) is 1.38. The maximum Gasteiger partial charge on any atom is 0.325 e. The number of nitrogens with zero attached hydrogens (tertiary/aromatic N) is 2. The number of ketones is 2. The molecule has 36 heavy (non-hydrogen) atoms. The van der Waals surface area contributed by atoms with Gasteiger partial charge in [-0.3, -0.25) is 28.9 Å². The lowest BCUT2D eigenvalue weighted by Crippen LogP contribution is -2.70. The minimum absolute atomic E-state index is 0.0180. The maximum atomic E-state index is 13.8. The van der Waals surface area contributed by atoms with Crippen molar-refractivity contribution in [2.45, 2.75) is 49.3 Å². The Morgan fingerprint density at radius 1 is 1.08 bits per heavy atom. The van der Waals surface area contributed by atoms with Gasteiger partial charge in [0.2, 0.25) is 5.91 Å². The second-order valence-corrected chi connectivity index (χ2v) is 12.0. The van der Waals surface area contributed by atoms with Gasteiger partial charge in [-0.05, 0) is 33.3 Å². The number of carbonyl (C=O) groups excluding carboxylic acids is 6. The van der Waals surface area contributed by atoms with Gasteiger partial charge in [0, 0.05) is 36.7 Å². The highest BCUT2D eigenvalue weighted by molar-refractivity contribution is 8.02. The molecule has 0 spiro atoms. The Labute approximate surface area is 220 Å². The predicted molar refractivity (Wildman–Crippen MR) is 132 cm³/mol. The number of fused-ring (bicyclic) bond motifs is 1. The van der Waals surface area contributed by atoms with E-state index in [2.05, 4.69) is 10.6 Å². The van der Waals surface area contributed by atoms with Gasteiger partial charge in [0.1, 0.15) is 17.9 Å². The number of hydrogen-bond donors (Lipinski definition) is 2. The van der Waals surface area contributed by atoms with Crippen LogP contribution >= 0.6 is 11.8 Å². The average molecular weight is 520 g/mol. The highest BCUT2D eigenvalue weighted by Crippen LogP contribution is 2.64. The van der Waals surface area contributed by atoms with Crippen LogP contribution in [0.25, 0.3) is 0 Å². The van der Waals surface area contributed by atoms with Gasteiger partial charge in [0.25, 0.3) is 0 Å². The number of piperazine rings is 1. The topological polar surface area (TPSA) is 133 Å². The van der Waals surface area contributed by atoms with Crippen LogP contribution in [0.4, 0.5) is 4.79 Å². The summed E-state index contributed by atoms with van der Waals surface area (Å²) < 4.78 is 39.1. The third-order valence-electron chi connectivity index (χ3n) is 7.09. The third kappa shape index (κ3) is 4.08. The number of imide groups is 1. The van der Waals surface area contributed by atoms with Crippen LogP contribution in [0.5, 0.6) is 0 Å². The first-order chi connectivity index (χ1) is 18.9. The molecule has 10 nitrogen and oxygen atoms in total. The van der Waals surface area contributed by atoms with Crippen LogP contribution in [-0.4, -0.2) is 80.8 Å². The fraction of sp³-hybridized carbons (Fsp3) is 0.520. The fourth-order valence-electron chi connectivity index (χ4n) is 5.44. The Kier molecular flexibility index (Phi) is 4.99. The molecule has 1 aromatic carbocycles. The van der Waals surface area contributed by atoms with Crippen LogP contribution in [-0.2, 0) is 24.0 Å². The summed E-state index contributed by atoms with van der Waals surface area (Å²) in [6.45, 7) is 6.64. The van der Waals surface area contributed by atoms with Crippen LogP contribution in [0.3, 0.4) is 0 Å². The lowest BCUT2D eigenvalue weighted by Gasteiger charge is -2.49. The van der Waals surface area contributed by atoms with Crippen LogP contribution in [0.2, 0.25) is 0 Å². The van der Waals surface area contributed by atoms with Gasteiger partial charge in [-0.15, -0.1) is 11.8 Å². The third-order valence-corrected chi connectivity index (χ3v) is 8.80. The number of Topliss-reactive ketones (excluding diaryl/α,β-unsaturated/α-hetero) is 2.